The van der Waals surface area contributed by atoms with E-state index in [4.69, 9.17) is 17.3 Å². The highest BCUT2D eigenvalue weighted by atomic mass is 35.5. The minimum absolute atomic E-state index is 0.0867. The highest BCUT2D eigenvalue weighted by Gasteiger charge is 2.22. The van der Waals surface area contributed by atoms with Gasteiger partial charge in [0.1, 0.15) is 12.8 Å². The van der Waals surface area contributed by atoms with Crippen LogP contribution in [0.25, 0.3) is 22.3 Å². The fraction of sp³-hybridized carbons (Fsp3) is 0.231. The zero-order valence-corrected chi connectivity index (χ0v) is 21.2. The highest BCUT2D eigenvalue weighted by molar-refractivity contribution is 7.69. The van der Waals surface area contributed by atoms with Crippen LogP contribution in [0, 0.1) is 24.1 Å². The van der Waals surface area contributed by atoms with Crippen LogP contribution in [0.3, 0.4) is 0 Å². The van der Waals surface area contributed by atoms with Crippen LogP contribution in [0.15, 0.2) is 48.7 Å². The van der Waals surface area contributed by atoms with Gasteiger partial charge in [0.05, 0.1) is 38.8 Å². The number of nitrogens with zero attached hydrogens (tertiary/aromatic N) is 4. The summed E-state index contributed by atoms with van der Waals surface area (Å²) in [6.45, 7) is 5.00. The third-order valence-electron chi connectivity index (χ3n) is 5.86. The van der Waals surface area contributed by atoms with Crippen LogP contribution in [0.1, 0.15) is 34.8 Å². The maximum absolute atomic E-state index is 15.1. The molecule has 0 saturated heterocycles. The van der Waals surface area contributed by atoms with Gasteiger partial charge in [-0.3, -0.25) is 4.98 Å². The molecule has 4 rings (SSSR count). The van der Waals surface area contributed by atoms with Crippen molar-refractivity contribution >= 4 is 35.2 Å². The Kier molecular flexibility index (Phi) is 7.00. The number of pyridine rings is 3. The van der Waals surface area contributed by atoms with Gasteiger partial charge in [0.25, 0.3) is 0 Å². The summed E-state index contributed by atoms with van der Waals surface area (Å²) in [5.74, 6) is -0.556. The number of nitrogens with two attached hydrogens (primary N) is 1. The summed E-state index contributed by atoms with van der Waals surface area (Å²) >= 11 is 6.64. The SMILES string of the molecule is Cc1nc2cc(F)c(-c3ccc(P(C)(C)=O)nc3)nc2c(C(N)CCc2ccccc2C#N)c1Cl. The van der Waals surface area contributed by atoms with Gasteiger partial charge in [0, 0.05) is 29.4 Å². The number of fused-ring (bicyclic) bond motifs is 1. The Morgan fingerprint density at radius 2 is 1.94 bits per heavy atom. The Morgan fingerprint density at radius 1 is 1.20 bits per heavy atom. The second kappa shape index (κ2) is 9.83. The number of aryl methyl sites for hydroxylation is 2. The molecule has 0 fully saturated rings. The molecule has 1 atom stereocenters. The van der Waals surface area contributed by atoms with Crippen molar-refractivity contribution in [3.63, 3.8) is 0 Å². The van der Waals surface area contributed by atoms with E-state index in [-0.39, 0.29) is 5.69 Å². The van der Waals surface area contributed by atoms with Gasteiger partial charge in [0.2, 0.25) is 0 Å². The summed E-state index contributed by atoms with van der Waals surface area (Å²) in [5, 5.41) is 9.76. The Hall–Kier alpha value is -3.17. The molecule has 9 heteroatoms. The molecular weight excluding hydrogens is 484 g/mol. The molecule has 178 valence electrons. The fourth-order valence-electron chi connectivity index (χ4n) is 3.98. The smallest absolute Gasteiger partial charge is 0.151 e. The van der Waals surface area contributed by atoms with Gasteiger partial charge < -0.3 is 10.3 Å². The zero-order valence-electron chi connectivity index (χ0n) is 19.6. The largest absolute Gasteiger partial charge is 0.324 e. The first kappa shape index (κ1) is 24.9. The molecule has 3 heterocycles. The molecule has 0 spiro atoms. The number of hydrogen-bond acceptors (Lipinski definition) is 6. The van der Waals surface area contributed by atoms with E-state index < -0.39 is 19.0 Å². The molecule has 2 N–H and O–H groups in total. The molecule has 0 radical (unpaired) electrons. The molecule has 0 amide bonds. The summed E-state index contributed by atoms with van der Waals surface area (Å²) in [5.41, 5.74) is 11.0. The molecule has 1 aromatic carbocycles. The third kappa shape index (κ3) is 5.11. The van der Waals surface area contributed by atoms with Crippen molar-refractivity contribution in [2.75, 3.05) is 13.3 Å². The van der Waals surface area contributed by atoms with E-state index in [1.807, 2.05) is 18.2 Å². The van der Waals surface area contributed by atoms with Crippen LogP contribution in [0.4, 0.5) is 4.39 Å². The minimum atomic E-state index is -2.54. The van der Waals surface area contributed by atoms with Crippen molar-refractivity contribution in [1.82, 2.24) is 15.0 Å². The Bertz CT molecular complexity index is 1510. The molecule has 35 heavy (non-hydrogen) atoms. The van der Waals surface area contributed by atoms with Gasteiger partial charge >= 0.3 is 0 Å². The third-order valence-corrected chi connectivity index (χ3v) is 7.70. The molecular formula is C26H24ClFN5OP. The van der Waals surface area contributed by atoms with Crippen LogP contribution in [-0.4, -0.2) is 28.3 Å². The van der Waals surface area contributed by atoms with E-state index in [9.17, 15) is 9.83 Å². The lowest BCUT2D eigenvalue weighted by molar-refractivity contribution is 0.588. The zero-order chi connectivity index (χ0) is 25.3. The molecule has 6 nitrogen and oxygen atoms in total. The molecule has 1 unspecified atom stereocenters. The maximum atomic E-state index is 15.1. The van der Waals surface area contributed by atoms with E-state index in [1.54, 1.807) is 38.5 Å². The van der Waals surface area contributed by atoms with E-state index in [2.05, 4.69) is 21.0 Å². The first-order valence-electron chi connectivity index (χ1n) is 11.0. The predicted molar refractivity (Wildman–Crippen MR) is 138 cm³/mol. The fourth-order valence-corrected chi connectivity index (χ4v) is 5.02. The number of aromatic nitrogens is 3. The molecule has 0 aliphatic rings. The van der Waals surface area contributed by atoms with Crippen LogP contribution in [0.5, 0.6) is 0 Å². The van der Waals surface area contributed by atoms with Gasteiger partial charge in [-0.1, -0.05) is 29.8 Å². The maximum Gasteiger partial charge on any atom is 0.151 e. The Balaban J connectivity index is 1.77. The Labute approximate surface area is 208 Å². The minimum Gasteiger partial charge on any atom is -0.324 e. The van der Waals surface area contributed by atoms with Crippen molar-refractivity contribution in [1.29, 1.82) is 5.26 Å². The first-order valence-corrected chi connectivity index (χ1v) is 14.0. The summed E-state index contributed by atoms with van der Waals surface area (Å²) in [6, 6.07) is 13.7. The van der Waals surface area contributed by atoms with E-state index in [0.717, 1.165) is 5.56 Å². The Morgan fingerprint density at radius 3 is 2.60 bits per heavy atom. The second-order valence-corrected chi connectivity index (χ2v) is 12.3. The lowest BCUT2D eigenvalue weighted by atomic mass is 9.96. The predicted octanol–water partition coefficient (Wildman–Crippen LogP) is 5.55. The quantitative estimate of drug-likeness (QED) is 0.343. The first-order chi connectivity index (χ1) is 16.6. The van der Waals surface area contributed by atoms with Crippen molar-refractivity contribution in [3.05, 3.63) is 81.9 Å². The normalized spacial score (nSPS) is 12.5. The van der Waals surface area contributed by atoms with Crippen LogP contribution in [0.2, 0.25) is 5.02 Å². The van der Waals surface area contributed by atoms with Gasteiger partial charge in [-0.05, 0) is 56.9 Å². The van der Waals surface area contributed by atoms with E-state index in [1.165, 1.54) is 12.3 Å². The van der Waals surface area contributed by atoms with Gasteiger partial charge in [-0.2, -0.15) is 5.26 Å². The molecule has 0 aliphatic carbocycles. The van der Waals surface area contributed by atoms with Crippen LogP contribution < -0.4 is 11.2 Å². The molecule has 0 saturated carbocycles. The molecule has 3 aromatic heterocycles. The van der Waals surface area contributed by atoms with Crippen molar-refractivity contribution in [3.8, 4) is 17.3 Å². The van der Waals surface area contributed by atoms with Gasteiger partial charge in [-0.25, -0.2) is 14.4 Å². The van der Waals surface area contributed by atoms with E-state index in [0.29, 0.717) is 56.7 Å². The van der Waals surface area contributed by atoms with Crippen molar-refractivity contribution < 1.29 is 8.96 Å². The summed E-state index contributed by atoms with van der Waals surface area (Å²) in [4.78, 5) is 13.3. The monoisotopic (exact) mass is 507 g/mol. The van der Waals surface area contributed by atoms with E-state index >= 15 is 4.39 Å². The standard InChI is InChI=1S/C26H24ClFN5OP/c1-15-24(27)23(20(30)10-8-16-6-4-5-7-17(16)13-29)26-21(32-15)12-19(28)25(33-26)18-9-11-22(31-14-18)35(2,3)34/h4-7,9,11-12,14,20H,8,10,30H2,1-3H3. The second-order valence-electron chi connectivity index (χ2n) is 8.78. The summed E-state index contributed by atoms with van der Waals surface area (Å²) in [6.07, 6.45) is 2.54. The lowest BCUT2D eigenvalue weighted by Gasteiger charge is -2.18. The van der Waals surface area contributed by atoms with Gasteiger partial charge in [0.15, 0.2) is 5.82 Å². The number of benzene rings is 1. The van der Waals surface area contributed by atoms with Crippen LogP contribution >= 0.6 is 18.7 Å². The average Bonchev–Trinajstić information content (AvgIpc) is 2.83. The topological polar surface area (TPSA) is 106 Å². The van der Waals surface area contributed by atoms with Crippen molar-refractivity contribution in [2.24, 2.45) is 5.73 Å². The number of halogens is 2. The lowest BCUT2D eigenvalue weighted by Crippen LogP contribution is -2.15. The molecule has 0 bridgehead atoms. The number of rotatable bonds is 6. The average molecular weight is 508 g/mol. The summed E-state index contributed by atoms with van der Waals surface area (Å²) in [7, 11) is -2.54. The van der Waals surface area contributed by atoms with Crippen molar-refractivity contribution in [2.45, 2.75) is 25.8 Å². The van der Waals surface area contributed by atoms with Crippen LogP contribution in [-0.2, 0) is 11.0 Å². The number of hydrogen-bond donors (Lipinski definition) is 1. The summed E-state index contributed by atoms with van der Waals surface area (Å²) < 4.78 is 27.4. The molecule has 4 aromatic rings. The highest BCUT2D eigenvalue weighted by Crippen LogP contribution is 2.36. The molecule has 0 aliphatic heterocycles. The number of nitriles is 1. The van der Waals surface area contributed by atoms with Gasteiger partial charge in [-0.15, -0.1) is 0 Å².